The lowest BCUT2D eigenvalue weighted by Crippen LogP contribution is -2.33. The number of Topliss-reactive ketones (excluding diaryl/α,β-unsaturated/α-hetero) is 1. The molecule has 0 saturated heterocycles. The Labute approximate surface area is 159 Å². The molecule has 0 saturated carbocycles. The van der Waals surface area contributed by atoms with Gasteiger partial charge in [-0.25, -0.2) is 0 Å². The topological polar surface area (TPSA) is 73.9 Å². The van der Waals surface area contributed by atoms with Crippen molar-refractivity contribution in [3.8, 4) is 0 Å². The van der Waals surface area contributed by atoms with E-state index in [1.807, 2.05) is 27.7 Å². The van der Waals surface area contributed by atoms with Crippen LogP contribution in [0, 0.1) is 0 Å². The standard InChI is InChI=1S/C14H27NO5S.2C2H6/c1-13(17)3-6-19-8-10-20-9-7-18-5-2-4-15-14(11-16)12-21;2*1-2/h11,14-15,21H,2-10,12H2,1H3;2*1-2H3/t14-;;/m1../s1. The molecular formula is C18H39NO5S. The molecule has 0 amide bonds. The number of hydrogen-bond acceptors (Lipinski definition) is 7. The van der Waals surface area contributed by atoms with Crippen LogP contribution < -0.4 is 5.32 Å². The van der Waals surface area contributed by atoms with Gasteiger partial charge in [0, 0.05) is 18.8 Å². The summed E-state index contributed by atoms with van der Waals surface area (Å²) in [6.07, 6.45) is 2.15. The van der Waals surface area contributed by atoms with Gasteiger partial charge in [0.2, 0.25) is 0 Å². The van der Waals surface area contributed by atoms with Crippen LogP contribution in [0.1, 0.15) is 47.5 Å². The maximum Gasteiger partial charge on any atom is 0.137 e. The molecule has 0 aliphatic carbocycles. The molecule has 0 bridgehead atoms. The van der Waals surface area contributed by atoms with E-state index >= 15 is 0 Å². The Morgan fingerprint density at radius 3 is 1.88 bits per heavy atom. The minimum absolute atomic E-state index is 0.132. The largest absolute Gasteiger partial charge is 0.379 e. The molecule has 0 fully saturated rings. The van der Waals surface area contributed by atoms with Crippen LogP contribution in [-0.2, 0) is 23.8 Å². The van der Waals surface area contributed by atoms with Crippen LogP contribution in [-0.4, -0.2) is 70.1 Å². The Bertz CT molecular complexity index is 268. The molecule has 0 aromatic rings. The molecule has 0 spiro atoms. The zero-order valence-electron chi connectivity index (χ0n) is 16.7. The van der Waals surface area contributed by atoms with Crippen LogP contribution in [0.2, 0.25) is 0 Å². The summed E-state index contributed by atoms with van der Waals surface area (Å²) in [6, 6.07) is -0.181. The zero-order chi connectivity index (χ0) is 19.8. The average molecular weight is 382 g/mol. The zero-order valence-corrected chi connectivity index (χ0v) is 17.6. The van der Waals surface area contributed by atoms with E-state index in [1.54, 1.807) is 6.92 Å². The third-order valence-corrected chi connectivity index (χ3v) is 2.97. The second kappa shape index (κ2) is 28.3. The molecule has 0 aliphatic rings. The number of carbonyl (C=O) groups is 2. The Morgan fingerprint density at radius 2 is 1.44 bits per heavy atom. The van der Waals surface area contributed by atoms with Gasteiger partial charge < -0.3 is 24.3 Å². The van der Waals surface area contributed by atoms with Crippen molar-refractivity contribution in [2.45, 2.75) is 53.5 Å². The summed E-state index contributed by atoms with van der Waals surface area (Å²) in [5.74, 6) is 0.639. The molecule has 0 aromatic heterocycles. The molecule has 0 aliphatic heterocycles. The number of ether oxygens (including phenoxy) is 3. The summed E-state index contributed by atoms with van der Waals surface area (Å²) in [5, 5.41) is 3.06. The number of hydrogen-bond donors (Lipinski definition) is 2. The summed E-state index contributed by atoms with van der Waals surface area (Å²) in [7, 11) is 0. The molecule has 1 N–H and O–H groups in total. The van der Waals surface area contributed by atoms with Crippen molar-refractivity contribution in [2.24, 2.45) is 0 Å². The van der Waals surface area contributed by atoms with Crippen molar-refractivity contribution < 1.29 is 23.8 Å². The first-order valence-electron chi connectivity index (χ1n) is 9.23. The second-order valence-electron chi connectivity index (χ2n) is 4.52. The molecule has 1 atom stereocenters. The first-order chi connectivity index (χ1) is 12.2. The molecule has 7 heteroatoms. The van der Waals surface area contributed by atoms with Crippen molar-refractivity contribution in [1.29, 1.82) is 0 Å². The smallest absolute Gasteiger partial charge is 0.137 e. The number of nitrogens with one attached hydrogen (secondary N) is 1. The Kier molecular flexibility index (Phi) is 33.2. The van der Waals surface area contributed by atoms with E-state index in [1.165, 1.54) is 0 Å². The average Bonchev–Trinajstić information content (AvgIpc) is 2.65. The third kappa shape index (κ3) is 28.6. The van der Waals surface area contributed by atoms with Gasteiger partial charge in [-0.1, -0.05) is 27.7 Å². The molecule has 152 valence electrons. The number of thiol groups is 1. The summed E-state index contributed by atoms with van der Waals surface area (Å²) in [5.41, 5.74) is 0. The summed E-state index contributed by atoms with van der Waals surface area (Å²) in [6.45, 7) is 13.4. The quantitative estimate of drug-likeness (QED) is 0.243. The van der Waals surface area contributed by atoms with Crippen molar-refractivity contribution in [2.75, 3.05) is 51.9 Å². The predicted molar refractivity (Wildman–Crippen MR) is 107 cm³/mol. The first kappa shape index (κ1) is 29.3. The van der Waals surface area contributed by atoms with E-state index in [4.69, 9.17) is 14.2 Å². The van der Waals surface area contributed by atoms with E-state index in [9.17, 15) is 9.59 Å². The van der Waals surface area contributed by atoms with Gasteiger partial charge in [0.05, 0.1) is 39.1 Å². The lowest BCUT2D eigenvalue weighted by Gasteiger charge is -2.10. The second-order valence-corrected chi connectivity index (χ2v) is 4.89. The third-order valence-electron chi connectivity index (χ3n) is 2.58. The summed E-state index contributed by atoms with van der Waals surface area (Å²) >= 11 is 4.05. The number of rotatable bonds is 16. The fourth-order valence-electron chi connectivity index (χ4n) is 1.38. The number of ketones is 1. The van der Waals surface area contributed by atoms with E-state index < -0.39 is 0 Å². The van der Waals surface area contributed by atoms with Gasteiger partial charge in [0.25, 0.3) is 0 Å². The summed E-state index contributed by atoms with van der Waals surface area (Å²) < 4.78 is 15.9. The predicted octanol–water partition coefficient (Wildman–Crippen LogP) is 2.54. The maximum absolute atomic E-state index is 10.6. The number of carbonyl (C=O) groups excluding carboxylic acids is 2. The van der Waals surface area contributed by atoms with Gasteiger partial charge in [-0.05, 0) is 19.9 Å². The molecule has 0 radical (unpaired) electrons. The highest BCUT2D eigenvalue weighted by atomic mass is 32.1. The van der Waals surface area contributed by atoms with Crippen molar-refractivity contribution >= 4 is 24.7 Å². The van der Waals surface area contributed by atoms with Crippen molar-refractivity contribution in [3.05, 3.63) is 0 Å². The van der Waals surface area contributed by atoms with Crippen LogP contribution in [0.25, 0.3) is 0 Å². The maximum atomic E-state index is 10.6. The van der Waals surface area contributed by atoms with Gasteiger partial charge in [-0.2, -0.15) is 12.6 Å². The van der Waals surface area contributed by atoms with Gasteiger partial charge >= 0.3 is 0 Å². The van der Waals surface area contributed by atoms with Crippen LogP contribution >= 0.6 is 12.6 Å². The molecular weight excluding hydrogens is 342 g/mol. The highest BCUT2D eigenvalue weighted by molar-refractivity contribution is 7.80. The van der Waals surface area contributed by atoms with Crippen LogP contribution in [0.5, 0.6) is 0 Å². The normalized spacial score (nSPS) is 10.8. The Balaban J connectivity index is -0.00000112. The van der Waals surface area contributed by atoms with E-state index in [0.717, 1.165) is 19.3 Å². The molecule has 0 rings (SSSR count). The van der Waals surface area contributed by atoms with Crippen molar-refractivity contribution in [1.82, 2.24) is 5.32 Å². The highest BCUT2D eigenvalue weighted by Gasteiger charge is 2.01. The highest BCUT2D eigenvalue weighted by Crippen LogP contribution is 1.88. The molecule has 0 aromatic carbocycles. The monoisotopic (exact) mass is 381 g/mol. The fourth-order valence-corrected chi connectivity index (χ4v) is 1.59. The Morgan fingerprint density at radius 1 is 0.960 bits per heavy atom. The molecule has 25 heavy (non-hydrogen) atoms. The van der Waals surface area contributed by atoms with E-state index in [0.29, 0.717) is 51.8 Å². The van der Waals surface area contributed by atoms with Crippen LogP contribution in [0.4, 0.5) is 0 Å². The van der Waals surface area contributed by atoms with Gasteiger partial charge in [-0.3, -0.25) is 4.79 Å². The van der Waals surface area contributed by atoms with Gasteiger partial charge in [0.1, 0.15) is 12.1 Å². The lowest BCUT2D eigenvalue weighted by atomic mass is 10.3. The Hall–Kier alpha value is -0.470. The minimum atomic E-state index is -0.181. The minimum Gasteiger partial charge on any atom is -0.379 e. The summed E-state index contributed by atoms with van der Waals surface area (Å²) in [4.78, 5) is 21.2. The molecule has 6 nitrogen and oxygen atoms in total. The van der Waals surface area contributed by atoms with Crippen LogP contribution in [0.3, 0.4) is 0 Å². The first-order valence-corrected chi connectivity index (χ1v) is 9.86. The fraction of sp³-hybridized carbons (Fsp3) is 0.889. The molecule has 0 heterocycles. The van der Waals surface area contributed by atoms with Gasteiger partial charge in [0.15, 0.2) is 0 Å². The SMILES string of the molecule is CC.CC.CC(=O)CCOCCOCCOCCCN[C@H](C=O)CS. The van der Waals surface area contributed by atoms with Gasteiger partial charge in [-0.15, -0.1) is 0 Å². The van der Waals surface area contributed by atoms with Crippen LogP contribution in [0.15, 0.2) is 0 Å². The lowest BCUT2D eigenvalue weighted by molar-refractivity contribution is -0.118. The van der Waals surface area contributed by atoms with E-state index in [2.05, 4.69) is 17.9 Å². The number of aldehydes is 1. The van der Waals surface area contributed by atoms with Crippen molar-refractivity contribution in [3.63, 3.8) is 0 Å². The van der Waals surface area contributed by atoms with E-state index in [-0.39, 0.29) is 11.8 Å². The molecule has 0 unspecified atom stereocenters.